The number of aromatic nitrogens is 2. The van der Waals surface area contributed by atoms with Crippen LogP contribution in [0.5, 0.6) is 0 Å². The largest absolute Gasteiger partial charge is 0.216 e. The third-order valence-electron chi connectivity index (χ3n) is 1.79. The van der Waals surface area contributed by atoms with E-state index in [0.717, 1.165) is 5.69 Å². The van der Waals surface area contributed by atoms with Crippen LogP contribution in [0.15, 0.2) is 36.4 Å². The lowest BCUT2D eigenvalue weighted by molar-refractivity contribution is 0.536. The zero-order valence-electron chi connectivity index (χ0n) is 7.24. The monoisotopic (exact) mass is 176 g/mol. The summed E-state index contributed by atoms with van der Waals surface area (Å²) in [6.07, 6.45) is 0. The van der Waals surface area contributed by atoms with Gasteiger partial charge in [0.1, 0.15) is 0 Å². The molecule has 1 heterocycles. The topological polar surface area (TPSA) is 17.8 Å². The minimum absolute atomic E-state index is 0.330. The molecular formula is C10H9FN2. The number of rotatable bonds is 1. The van der Waals surface area contributed by atoms with Crippen molar-refractivity contribution in [1.82, 2.24) is 9.78 Å². The molecule has 0 unspecified atom stereocenters. The summed E-state index contributed by atoms with van der Waals surface area (Å²) in [5.41, 5.74) is 1.43. The summed E-state index contributed by atoms with van der Waals surface area (Å²) in [5, 5.41) is 4.02. The highest BCUT2D eigenvalue weighted by molar-refractivity contribution is 5.30. The van der Waals surface area contributed by atoms with Crippen molar-refractivity contribution >= 4 is 0 Å². The average molecular weight is 176 g/mol. The third kappa shape index (κ3) is 1.45. The maximum Gasteiger partial charge on any atom is 0.216 e. The summed E-state index contributed by atoms with van der Waals surface area (Å²) in [5.74, 6) is -0.330. The van der Waals surface area contributed by atoms with Gasteiger partial charge in [0.15, 0.2) is 0 Å². The Kier molecular flexibility index (Phi) is 1.85. The summed E-state index contributed by atoms with van der Waals surface area (Å²) in [6.45, 7) is 1.77. The van der Waals surface area contributed by atoms with E-state index in [1.807, 2.05) is 30.3 Å². The van der Waals surface area contributed by atoms with Crippen LogP contribution in [0.2, 0.25) is 0 Å². The highest BCUT2D eigenvalue weighted by atomic mass is 19.1. The average Bonchev–Trinajstić information content (AvgIpc) is 2.47. The molecule has 0 N–H and O–H groups in total. The number of nitrogens with zero attached hydrogens (tertiary/aromatic N) is 2. The van der Waals surface area contributed by atoms with E-state index in [9.17, 15) is 4.39 Å². The maximum atomic E-state index is 13.2. The van der Waals surface area contributed by atoms with E-state index in [1.165, 1.54) is 10.7 Å². The van der Waals surface area contributed by atoms with Crippen LogP contribution in [0.4, 0.5) is 4.39 Å². The number of hydrogen-bond acceptors (Lipinski definition) is 1. The first-order chi connectivity index (χ1) is 6.27. The fourth-order valence-electron chi connectivity index (χ4n) is 1.22. The molecule has 0 atom stereocenters. The second kappa shape index (κ2) is 3.01. The Labute approximate surface area is 75.6 Å². The second-order valence-electron chi connectivity index (χ2n) is 2.86. The first-order valence-electron chi connectivity index (χ1n) is 4.05. The van der Waals surface area contributed by atoms with Crippen molar-refractivity contribution in [1.29, 1.82) is 0 Å². The quantitative estimate of drug-likeness (QED) is 0.652. The molecule has 1 aromatic carbocycles. The lowest BCUT2D eigenvalue weighted by atomic mass is 10.3. The molecule has 1 aromatic heterocycles. The van der Waals surface area contributed by atoms with E-state index >= 15 is 0 Å². The molecule has 2 rings (SSSR count). The number of hydrogen-bond donors (Lipinski definition) is 0. The van der Waals surface area contributed by atoms with Gasteiger partial charge in [-0.25, -0.2) is 4.68 Å². The minimum Gasteiger partial charge on any atom is -0.206 e. The normalized spacial score (nSPS) is 10.3. The molecule has 13 heavy (non-hydrogen) atoms. The number of halogens is 1. The predicted octanol–water partition coefficient (Wildman–Crippen LogP) is 2.32. The molecule has 0 spiro atoms. The van der Waals surface area contributed by atoms with Gasteiger partial charge < -0.3 is 0 Å². The molecule has 0 saturated carbocycles. The van der Waals surface area contributed by atoms with E-state index in [-0.39, 0.29) is 5.95 Å². The Bertz CT molecular complexity index is 406. The van der Waals surface area contributed by atoms with E-state index in [4.69, 9.17) is 0 Å². The first kappa shape index (κ1) is 7.98. The van der Waals surface area contributed by atoms with Gasteiger partial charge in [0, 0.05) is 6.07 Å². The Morgan fingerprint density at radius 2 is 1.92 bits per heavy atom. The molecule has 0 amide bonds. The van der Waals surface area contributed by atoms with E-state index in [0.29, 0.717) is 5.69 Å². The number of benzene rings is 1. The molecule has 0 aliphatic heterocycles. The molecule has 2 aromatic rings. The zero-order valence-corrected chi connectivity index (χ0v) is 7.24. The van der Waals surface area contributed by atoms with Gasteiger partial charge in [0.2, 0.25) is 5.95 Å². The van der Waals surface area contributed by atoms with Gasteiger partial charge in [-0.05, 0) is 19.1 Å². The minimum atomic E-state index is -0.330. The third-order valence-corrected chi connectivity index (χ3v) is 1.79. The van der Waals surface area contributed by atoms with Crippen molar-refractivity contribution in [2.24, 2.45) is 0 Å². The van der Waals surface area contributed by atoms with Gasteiger partial charge in [-0.1, -0.05) is 18.2 Å². The molecule has 0 aliphatic carbocycles. The van der Waals surface area contributed by atoms with Crippen LogP contribution in [-0.4, -0.2) is 9.78 Å². The van der Waals surface area contributed by atoms with Gasteiger partial charge in [-0.15, -0.1) is 0 Å². The van der Waals surface area contributed by atoms with Crippen LogP contribution in [0.25, 0.3) is 5.69 Å². The fourth-order valence-corrected chi connectivity index (χ4v) is 1.22. The molecule has 0 aliphatic rings. The highest BCUT2D eigenvalue weighted by Crippen LogP contribution is 2.09. The molecule has 0 fully saturated rings. The Morgan fingerprint density at radius 3 is 2.46 bits per heavy atom. The summed E-state index contributed by atoms with van der Waals surface area (Å²) in [4.78, 5) is 0. The smallest absolute Gasteiger partial charge is 0.206 e. The molecular weight excluding hydrogens is 167 g/mol. The summed E-state index contributed by atoms with van der Waals surface area (Å²) < 4.78 is 14.5. The van der Waals surface area contributed by atoms with Crippen molar-refractivity contribution in [2.75, 3.05) is 0 Å². The van der Waals surface area contributed by atoms with Crippen molar-refractivity contribution in [2.45, 2.75) is 6.92 Å². The van der Waals surface area contributed by atoms with Gasteiger partial charge in [0.25, 0.3) is 0 Å². The van der Waals surface area contributed by atoms with E-state index in [2.05, 4.69) is 5.10 Å². The van der Waals surface area contributed by atoms with Crippen LogP contribution in [0.1, 0.15) is 5.69 Å². The lowest BCUT2D eigenvalue weighted by Crippen LogP contribution is -1.98. The standard InChI is InChI=1S/C10H9FN2/c1-8-7-10(11)13(12-8)9-5-3-2-4-6-9/h2-7H,1H3. The van der Waals surface area contributed by atoms with Crippen molar-refractivity contribution in [3.63, 3.8) is 0 Å². The van der Waals surface area contributed by atoms with Crippen LogP contribution < -0.4 is 0 Å². The van der Waals surface area contributed by atoms with Crippen molar-refractivity contribution < 1.29 is 4.39 Å². The van der Waals surface area contributed by atoms with Gasteiger partial charge in [-0.3, -0.25) is 0 Å². The lowest BCUT2D eigenvalue weighted by Gasteiger charge is -1.99. The summed E-state index contributed by atoms with van der Waals surface area (Å²) in [7, 11) is 0. The molecule has 2 nitrogen and oxygen atoms in total. The first-order valence-corrected chi connectivity index (χ1v) is 4.05. The van der Waals surface area contributed by atoms with Crippen LogP contribution >= 0.6 is 0 Å². The Morgan fingerprint density at radius 1 is 1.23 bits per heavy atom. The Hall–Kier alpha value is -1.64. The molecule has 66 valence electrons. The van der Waals surface area contributed by atoms with Crippen LogP contribution in [0, 0.1) is 12.9 Å². The van der Waals surface area contributed by atoms with Gasteiger partial charge in [0.05, 0.1) is 11.4 Å². The zero-order chi connectivity index (χ0) is 9.26. The highest BCUT2D eigenvalue weighted by Gasteiger charge is 2.04. The van der Waals surface area contributed by atoms with E-state index < -0.39 is 0 Å². The molecule has 0 bridgehead atoms. The van der Waals surface area contributed by atoms with Crippen molar-refractivity contribution in [3.05, 3.63) is 48.0 Å². The number of aryl methyl sites for hydroxylation is 1. The van der Waals surface area contributed by atoms with Crippen LogP contribution in [0.3, 0.4) is 0 Å². The molecule has 3 heteroatoms. The second-order valence-corrected chi connectivity index (χ2v) is 2.86. The molecule has 0 saturated heterocycles. The summed E-state index contributed by atoms with van der Waals surface area (Å²) in [6, 6.07) is 10.6. The summed E-state index contributed by atoms with van der Waals surface area (Å²) >= 11 is 0. The van der Waals surface area contributed by atoms with Gasteiger partial charge >= 0.3 is 0 Å². The van der Waals surface area contributed by atoms with Crippen molar-refractivity contribution in [3.8, 4) is 5.69 Å². The number of para-hydroxylation sites is 1. The SMILES string of the molecule is Cc1cc(F)n(-c2ccccc2)n1. The van der Waals surface area contributed by atoms with Gasteiger partial charge in [-0.2, -0.15) is 9.49 Å². The fraction of sp³-hybridized carbons (Fsp3) is 0.100. The Balaban J connectivity index is 2.53. The van der Waals surface area contributed by atoms with Crippen LogP contribution in [-0.2, 0) is 0 Å². The van der Waals surface area contributed by atoms with E-state index in [1.54, 1.807) is 6.92 Å². The maximum absolute atomic E-state index is 13.2. The predicted molar refractivity (Wildman–Crippen MR) is 48.3 cm³/mol. The molecule has 0 radical (unpaired) electrons.